The van der Waals surface area contributed by atoms with E-state index in [1.807, 2.05) is 51.1 Å². The van der Waals surface area contributed by atoms with Crippen LogP contribution in [0.3, 0.4) is 0 Å². The van der Waals surface area contributed by atoms with E-state index >= 15 is 0 Å². The van der Waals surface area contributed by atoms with Crippen molar-refractivity contribution in [2.24, 2.45) is 0 Å². The first-order chi connectivity index (χ1) is 13.6. The van der Waals surface area contributed by atoms with Crippen molar-refractivity contribution in [3.8, 4) is 0 Å². The van der Waals surface area contributed by atoms with Gasteiger partial charge >= 0.3 is 0 Å². The van der Waals surface area contributed by atoms with Gasteiger partial charge in [-0.25, -0.2) is 8.42 Å². The Morgan fingerprint density at radius 1 is 1.10 bits per heavy atom. The quantitative estimate of drug-likeness (QED) is 0.648. The average molecular weight is 412 g/mol. The second kappa shape index (κ2) is 8.21. The fourth-order valence-corrected chi connectivity index (χ4v) is 4.01. The monoisotopic (exact) mass is 411 g/mol. The van der Waals surface area contributed by atoms with Gasteiger partial charge in [-0.2, -0.15) is 0 Å². The first-order valence-corrected chi connectivity index (χ1v) is 11.2. The summed E-state index contributed by atoms with van der Waals surface area (Å²) < 4.78 is 25.3. The van der Waals surface area contributed by atoms with Crippen LogP contribution >= 0.6 is 0 Å². The molecule has 0 aliphatic heterocycles. The highest BCUT2D eigenvalue weighted by atomic mass is 32.2. The number of aromatic nitrogens is 1. The topological polar surface area (TPSA) is 88.2 Å². The number of para-hydroxylation sites is 1. The number of amides is 1. The van der Waals surface area contributed by atoms with E-state index in [0.717, 1.165) is 39.5 Å². The summed E-state index contributed by atoms with van der Waals surface area (Å²) in [6.07, 6.45) is 1.34. The van der Waals surface area contributed by atoms with E-state index in [0.29, 0.717) is 5.69 Å². The van der Waals surface area contributed by atoms with Crippen LogP contribution < -0.4 is 10.0 Å². The summed E-state index contributed by atoms with van der Waals surface area (Å²) in [5.74, 6) is -0.109. The predicted octanol–water partition coefficient (Wildman–Crippen LogP) is 3.64. The van der Waals surface area contributed by atoms with E-state index in [2.05, 4.69) is 15.0 Å². The standard InChI is InChI=1S/C22H25N3O3S/c1-14-19-10-5-6-11-21(19)23-16(3)20(14)13-22(26)24-15(2)17-8-7-9-18(12-17)25-29(4,27)28/h5-12,15,25H,13H2,1-4H3,(H,24,26). The summed E-state index contributed by atoms with van der Waals surface area (Å²) in [6.45, 7) is 5.81. The van der Waals surface area contributed by atoms with Gasteiger partial charge in [0, 0.05) is 16.8 Å². The van der Waals surface area contributed by atoms with E-state index in [-0.39, 0.29) is 18.4 Å². The maximum atomic E-state index is 12.7. The minimum Gasteiger partial charge on any atom is -0.349 e. The second-order valence-electron chi connectivity index (χ2n) is 7.28. The van der Waals surface area contributed by atoms with Crippen LogP contribution in [-0.2, 0) is 21.2 Å². The molecule has 29 heavy (non-hydrogen) atoms. The summed E-state index contributed by atoms with van der Waals surface area (Å²) in [5.41, 5.74) is 5.06. The zero-order valence-corrected chi connectivity index (χ0v) is 17.8. The molecule has 2 aromatic carbocycles. The molecule has 0 fully saturated rings. The van der Waals surface area contributed by atoms with Gasteiger partial charge in [-0.1, -0.05) is 30.3 Å². The molecule has 1 aromatic heterocycles. The molecule has 1 unspecified atom stereocenters. The highest BCUT2D eigenvalue weighted by Crippen LogP contribution is 2.23. The highest BCUT2D eigenvalue weighted by Gasteiger charge is 2.16. The summed E-state index contributed by atoms with van der Waals surface area (Å²) >= 11 is 0. The molecule has 6 nitrogen and oxygen atoms in total. The molecule has 0 radical (unpaired) electrons. The van der Waals surface area contributed by atoms with Crippen LogP contribution in [0.15, 0.2) is 48.5 Å². The smallest absolute Gasteiger partial charge is 0.229 e. The van der Waals surface area contributed by atoms with Crippen LogP contribution in [0.1, 0.15) is 35.3 Å². The van der Waals surface area contributed by atoms with Crippen molar-refractivity contribution in [3.63, 3.8) is 0 Å². The van der Waals surface area contributed by atoms with Crippen molar-refractivity contribution in [1.82, 2.24) is 10.3 Å². The zero-order chi connectivity index (χ0) is 21.2. The molecule has 0 aliphatic rings. The molecule has 0 saturated heterocycles. The fourth-order valence-electron chi connectivity index (χ4n) is 3.45. The minimum atomic E-state index is -3.36. The van der Waals surface area contributed by atoms with E-state index in [4.69, 9.17) is 0 Å². The molecule has 3 aromatic rings. The number of rotatable bonds is 6. The zero-order valence-electron chi connectivity index (χ0n) is 17.0. The molecule has 152 valence electrons. The Morgan fingerprint density at radius 2 is 1.83 bits per heavy atom. The Kier molecular flexibility index (Phi) is 5.88. The number of nitrogens with one attached hydrogen (secondary N) is 2. The number of hydrogen-bond acceptors (Lipinski definition) is 4. The van der Waals surface area contributed by atoms with Crippen LogP contribution in [0.4, 0.5) is 5.69 Å². The van der Waals surface area contributed by atoms with Crippen molar-refractivity contribution in [1.29, 1.82) is 0 Å². The Labute approximate surface area is 171 Å². The fraction of sp³-hybridized carbons (Fsp3) is 0.273. The normalized spacial score (nSPS) is 12.6. The third-order valence-corrected chi connectivity index (χ3v) is 5.50. The number of anilines is 1. The molecule has 3 rings (SSSR count). The van der Waals surface area contributed by atoms with E-state index in [9.17, 15) is 13.2 Å². The van der Waals surface area contributed by atoms with Crippen molar-refractivity contribution < 1.29 is 13.2 Å². The van der Waals surface area contributed by atoms with Crippen LogP contribution in [0.25, 0.3) is 10.9 Å². The molecule has 2 N–H and O–H groups in total. The maximum absolute atomic E-state index is 12.7. The molecule has 0 saturated carbocycles. The van der Waals surface area contributed by atoms with Gasteiger partial charge in [-0.05, 0) is 55.7 Å². The number of sulfonamides is 1. The van der Waals surface area contributed by atoms with Crippen LogP contribution in [-0.4, -0.2) is 25.6 Å². The van der Waals surface area contributed by atoms with Gasteiger partial charge in [-0.15, -0.1) is 0 Å². The second-order valence-corrected chi connectivity index (χ2v) is 9.03. The first-order valence-electron chi connectivity index (χ1n) is 9.36. The van der Waals surface area contributed by atoms with Crippen LogP contribution in [0.2, 0.25) is 0 Å². The molecule has 0 aliphatic carbocycles. The Morgan fingerprint density at radius 3 is 2.55 bits per heavy atom. The molecular weight excluding hydrogens is 386 g/mol. The van der Waals surface area contributed by atoms with E-state index < -0.39 is 10.0 Å². The van der Waals surface area contributed by atoms with Crippen molar-refractivity contribution in [2.75, 3.05) is 11.0 Å². The van der Waals surface area contributed by atoms with Crippen molar-refractivity contribution in [2.45, 2.75) is 33.2 Å². The van der Waals surface area contributed by atoms with Gasteiger partial charge in [-0.3, -0.25) is 14.5 Å². The SMILES string of the molecule is Cc1nc2ccccc2c(C)c1CC(=O)NC(C)c1cccc(NS(C)(=O)=O)c1. The lowest BCUT2D eigenvalue weighted by Gasteiger charge is -2.17. The number of fused-ring (bicyclic) bond motifs is 1. The van der Waals surface area contributed by atoms with Gasteiger partial charge in [0.2, 0.25) is 15.9 Å². The summed E-state index contributed by atoms with van der Waals surface area (Å²) in [5, 5.41) is 4.04. The number of carbonyl (C=O) groups excluding carboxylic acids is 1. The summed E-state index contributed by atoms with van der Waals surface area (Å²) in [4.78, 5) is 17.3. The molecule has 1 amide bonds. The van der Waals surface area contributed by atoms with Crippen LogP contribution in [0.5, 0.6) is 0 Å². The number of benzene rings is 2. The van der Waals surface area contributed by atoms with Crippen molar-refractivity contribution in [3.05, 3.63) is 70.9 Å². The molecule has 0 spiro atoms. The first kappa shape index (κ1) is 20.8. The molecule has 0 bridgehead atoms. The van der Waals surface area contributed by atoms with Crippen molar-refractivity contribution >= 4 is 32.5 Å². The average Bonchev–Trinajstić information content (AvgIpc) is 2.64. The van der Waals surface area contributed by atoms with Gasteiger partial charge in [0.25, 0.3) is 0 Å². The lowest BCUT2D eigenvalue weighted by Crippen LogP contribution is -2.28. The third kappa shape index (κ3) is 5.12. The Hall–Kier alpha value is -2.93. The molecule has 1 atom stereocenters. The van der Waals surface area contributed by atoms with Gasteiger partial charge in [0.1, 0.15) is 0 Å². The number of hydrogen-bond donors (Lipinski definition) is 2. The lowest BCUT2D eigenvalue weighted by atomic mass is 9.99. The largest absolute Gasteiger partial charge is 0.349 e. The van der Waals surface area contributed by atoms with E-state index in [1.165, 1.54) is 0 Å². The van der Waals surface area contributed by atoms with Gasteiger partial charge in [0.15, 0.2) is 0 Å². The number of nitrogens with zero attached hydrogens (tertiary/aromatic N) is 1. The highest BCUT2D eigenvalue weighted by molar-refractivity contribution is 7.92. The summed E-state index contributed by atoms with van der Waals surface area (Å²) in [6, 6.07) is 14.6. The molecule has 7 heteroatoms. The van der Waals surface area contributed by atoms with Gasteiger partial charge in [0.05, 0.1) is 24.2 Å². The molecular formula is C22H25N3O3S. The maximum Gasteiger partial charge on any atom is 0.229 e. The minimum absolute atomic E-state index is 0.109. The Balaban J connectivity index is 1.76. The lowest BCUT2D eigenvalue weighted by molar-refractivity contribution is -0.121. The summed E-state index contributed by atoms with van der Waals surface area (Å²) in [7, 11) is -3.36. The number of carbonyl (C=O) groups is 1. The number of pyridine rings is 1. The third-order valence-electron chi connectivity index (χ3n) is 4.89. The number of aryl methyl sites for hydroxylation is 2. The van der Waals surface area contributed by atoms with Crippen LogP contribution in [0, 0.1) is 13.8 Å². The van der Waals surface area contributed by atoms with Gasteiger partial charge < -0.3 is 5.32 Å². The van der Waals surface area contributed by atoms with E-state index in [1.54, 1.807) is 18.2 Å². The molecule has 1 heterocycles. The predicted molar refractivity (Wildman–Crippen MR) is 116 cm³/mol. The Bertz CT molecular complexity index is 1170.